The molecule has 0 bridgehead atoms. The number of likely N-dealkylation sites (tertiary alicyclic amines) is 1. The third kappa shape index (κ3) is 4.74. The maximum Gasteiger partial charge on any atom is 0.217 e. The summed E-state index contributed by atoms with van der Waals surface area (Å²) >= 11 is 0. The maximum absolute atomic E-state index is 11.2. The number of rotatable bonds is 6. The van der Waals surface area contributed by atoms with Gasteiger partial charge in [-0.3, -0.25) is 9.79 Å². The number of nitrogens with zero attached hydrogens (tertiary/aromatic N) is 4. The fourth-order valence-corrected chi connectivity index (χ4v) is 3.52. The van der Waals surface area contributed by atoms with E-state index in [1.54, 1.807) is 0 Å². The summed E-state index contributed by atoms with van der Waals surface area (Å²) in [4.78, 5) is 22.9. The number of primary amides is 1. The van der Waals surface area contributed by atoms with Gasteiger partial charge >= 0.3 is 0 Å². The molecule has 1 amide bonds. The molecule has 3 N–H and O–H groups in total. The van der Waals surface area contributed by atoms with Crippen LogP contribution >= 0.6 is 0 Å². The van der Waals surface area contributed by atoms with Crippen molar-refractivity contribution < 1.29 is 4.79 Å². The molecule has 7 nitrogen and oxygen atoms in total. The largest absolute Gasteiger partial charge is 0.370 e. The Kier molecular flexibility index (Phi) is 6.09. The Morgan fingerprint density at radius 2 is 2.35 bits per heavy atom. The van der Waals surface area contributed by atoms with Crippen LogP contribution in [-0.4, -0.2) is 52.3 Å². The van der Waals surface area contributed by atoms with Crippen molar-refractivity contribution in [1.29, 1.82) is 0 Å². The van der Waals surface area contributed by atoms with E-state index in [9.17, 15) is 4.79 Å². The second-order valence-corrected chi connectivity index (χ2v) is 6.81. The number of nitrogens with one attached hydrogen (secondary N) is 1. The molecule has 1 unspecified atom stereocenters. The van der Waals surface area contributed by atoms with Crippen LogP contribution in [0.5, 0.6) is 0 Å². The van der Waals surface area contributed by atoms with E-state index in [4.69, 9.17) is 10.7 Å². The number of guanidine groups is 1. The molecule has 140 valence electrons. The number of piperidine rings is 1. The maximum atomic E-state index is 11.2. The number of pyridine rings is 1. The third-order valence-corrected chi connectivity index (χ3v) is 4.69. The highest BCUT2D eigenvalue weighted by molar-refractivity contribution is 5.80. The minimum absolute atomic E-state index is 0.217. The van der Waals surface area contributed by atoms with Crippen molar-refractivity contribution in [2.24, 2.45) is 16.6 Å². The predicted octanol–water partition coefficient (Wildman–Crippen LogP) is 1.43. The van der Waals surface area contributed by atoms with Crippen LogP contribution in [0.3, 0.4) is 0 Å². The monoisotopic (exact) mass is 356 g/mol. The lowest BCUT2D eigenvalue weighted by Gasteiger charge is -2.34. The van der Waals surface area contributed by atoms with Gasteiger partial charge in [-0.05, 0) is 37.8 Å². The van der Waals surface area contributed by atoms with Crippen molar-refractivity contribution in [2.45, 2.75) is 32.6 Å². The summed E-state index contributed by atoms with van der Waals surface area (Å²) in [6.45, 7) is 5.38. The molecule has 26 heavy (non-hydrogen) atoms. The molecule has 0 radical (unpaired) electrons. The molecule has 1 fully saturated rings. The number of fused-ring (bicyclic) bond motifs is 1. The number of imidazole rings is 1. The zero-order valence-electron chi connectivity index (χ0n) is 15.4. The topological polar surface area (TPSA) is 88.0 Å². The van der Waals surface area contributed by atoms with Crippen molar-refractivity contribution in [3.05, 3.63) is 36.3 Å². The minimum atomic E-state index is -0.217. The first-order chi connectivity index (χ1) is 12.7. The zero-order valence-corrected chi connectivity index (χ0v) is 15.4. The van der Waals surface area contributed by atoms with E-state index in [0.717, 1.165) is 56.2 Å². The summed E-state index contributed by atoms with van der Waals surface area (Å²) in [6, 6.07) is 5.99. The van der Waals surface area contributed by atoms with Gasteiger partial charge in [0.15, 0.2) is 5.96 Å². The number of hydrogen-bond donors (Lipinski definition) is 2. The number of aromatic nitrogens is 2. The fraction of sp³-hybridized carbons (Fsp3) is 0.526. The molecule has 3 heterocycles. The molecule has 0 aromatic carbocycles. The van der Waals surface area contributed by atoms with E-state index in [0.29, 0.717) is 18.9 Å². The summed E-state index contributed by atoms with van der Waals surface area (Å²) in [5.41, 5.74) is 7.37. The number of hydrogen-bond acceptors (Lipinski definition) is 3. The first-order valence-corrected chi connectivity index (χ1v) is 9.40. The zero-order chi connectivity index (χ0) is 18.4. The van der Waals surface area contributed by atoms with E-state index >= 15 is 0 Å². The molecule has 1 aliphatic heterocycles. The average Bonchev–Trinajstić information content (AvgIpc) is 3.03. The highest BCUT2D eigenvalue weighted by Gasteiger charge is 2.23. The van der Waals surface area contributed by atoms with E-state index in [-0.39, 0.29) is 5.91 Å². The molecule has 0 saturated carbocycles. The summed E-state index contributed by atoms with van der Waals surface area (Å²) in [5.74, 6) is 1.03. The normalized spacial score (nSPS) is 18.3. The number of carbonyl (C=O) groups excluding carboxylic acids is 1. The van der Waals surface area contributed by atoms with Gasteiger partial charge in [-0.15, -0.1) is 0 Å². The second kappa shape index (κ2) is 8.69. The van der Waals surface area contributed by atoms with Crippen LogP contribution in [-0.2, 0) is 11.2 Å². The van der Waals surface area contributed by atoms with Gasteiger partial charge in [-0.25, -0.2) is 4.98 Å². The van der Waals surface area contributed by atoms with Crippen molar-refractivity contribution in [2.75, 3.05) is 26.2 Å². The highest BCUT2D eigenvalue weighted by Crippen LogP contribution is 2.19. The predicted molar refractivity (Wildman–Crippen MR) is 103 cm³/mol. The molecule has 0 spiro atoms. The van der Waals surface area contributed by atoms with Gasteiger partial charge in [0.1, 0.15) is 5.65 Å². The van der Waals surface area contributed by atoms with Crippen molar-refractivity contribution >= 4 is 17.5 Å². The van der Waals surface area contributed by atoms with Crippen LogP contribution in [0.2, 0.25) is 0 Å². The quantitative estimate of drug-likeness (QED) is 0.605. The molecular formula is C19H28N6O. The SMILES string of the molecule is CCNC(=NCCc1cn2ccccc2n1)N1CCCC(CC(N)=O)C1. The summed E-state index contributed by atoms with van der Waals surface area (Å²) in [7, 11) is 0. The molecule has 7 heteroatoms. The van der Waals surface area contributed by atoms with Crippen LogP contribution in [0.25, 0.3) is 5.65 Å². The Morgan fingerprint density at radius 3 is 3.12 bits per heavy atom. The van der Waals surface area contributed by atoms with Crippen molar-refractivity contribution in [3.8, 4) is 0 Å². The summed E-state index contributed by atoms with van der Waals surface area (Å²) in [6.07, 6.45) is 7.44. The smallest absolute Gasteiger partial charge is 0.217 e. The molecule has 1 saturated heterocycles. The van der Waals surface area contributed by atoms with Gasteiger partial charge < -0.3 is 20.4 Å². The number of aliphatic imine (C=N–C) groups is 1. The van der Waals surface area contributed by atoms with E-state index in [1.807, 2.05) is 28.8 Å². The molecule has 1 aliphatic rings. The van der Waals surface area contributed by atoms with Gasteiger partial charge in [0.2, 0.25) is 5.91 Å². The van der Waals surface area contributed by atoms with Gasteiger partial charge in [-0.1, -0.05) is 6.07 Å². The summed E-state index contributed by atoms with van der Waals surface area (Å²) < 4.78 is 2.03. The molecule has 3 rings (SSSR count). The lowest BCUT2D eigenvalue weighted by molar-refractivity contribution is -0.119. The second-order valence-electron chi connectivity index (χ2n) is 6.81. The van der Waals surface area contributed by atoms with E-state index < -0.39 is 0 Å². The van der Waals surface area contributed by atoms with Crippen LogP contribution < -0.4 is 11.1 Å². The number of nitrogens with two attached hydrogens (primary N) is 1. The van der Waals surface area contributed by atoms with Gasteiger partial charge in [-0.2, -0.15) is 0 Å². The Bertz CT molecular complexity index is 735. The Morgan fingerprint density at radius 1 is 1.46 bits per heavy atom. The minimum Gasteiger partial charge on any atom is -0.370 e. The molecule has 2 aromatic rings. The fourth-order valence-electron chi connectivity index (χ4n) is 3.52. The molecule has 2 aromatic heterocycles. The van der Waals surface area contributed by atoms with Crippen LogP contribution in [0.1, 0.15) is 31.9 Å². The molecule has 1 atom stereocenters. The van der Waals surface area contributed by atoms with Gasteiger partial charge in [0.25, 0.3) is 0 Å². The number of amides is 1. The Balaban J connectivity index is 1.61. The average molecular weight is 356 g/mol. The summed E-state index contributed by atoms with van der Waals surface area (Å²) in [5, 5.41) is 3.37. The molecular weight excluding hydrogens is 328 g/mol. The van der Waals surface area contributed by atoms with Crippen LogP contribution in [0.4, 0.5) is 0 Å². The Hall–Kier alpha value is -2.57. The van der Waals surface area contributed by atoms with Crippen LogP contribution in [0.15, 0.2) is 35.6 Å². The first kappa shape index (κ1) is 18.2. The van der Waals surface area contributed by atoms with Crippen molar-refractivity contribution in [3.63, 3.8) is 0 Å². The first-order valence-electron chi connectivity index (χ1n) is 9.40. The standard InChI is InChI=1S/C19H28N6O/c1-2-21-19(25-11-5-6-15(13-25)12-17(20)26)22-9-8-16-14-24-10-4-3-7-18(24)23-16/h3-4,7,10,14-15H,2,5-6,8-9,11-13H2,1H3,(H2,20,26)(H,21,22). The number of carbonyl (C=O) groups is 1. The van der Waals surface area contributed by atoms with Crippen molar-refractivity contribution in [1.82, 2.24) is 19.6 Å². The lowest BCUT2D eigenvalue weighted by atomic mass is 9.95. The van der Waals surface area contributed by atoms with Gasteiger partial charge in [0.05, 0.1) is 5.69 Å². The Labute approximate surface area is 154 Å². The lowest BCUT2D eigenvalue weighted by Crippen LogP contribution is -2.47. The highest BCUT2D eigenvalue weighted by atomic mass is 16.1. The molecule has 0 aliphatic carbocycles. The van der Waals surface area contributed by atoms with E-state index in [1.165, 1.54) is 0 Å². The van der Waals surface area contributed by atoms with Crippen LogP contribution in [0, 0.1) is 5.92 Å². The van der Waals surface area contributed by atoms with Gasteiger partial charge in [0, 0.05) is 51.4 Å². The third-order valence-electron chi connectivity index (χ3n) is 4.69. The van der Waals surface area contributed by atoms with E-state index in [2.05, 4.69) is 28.3 Å².